The molecule has 8 heteroatoms. The number of hydrogen-bond donors (Lipinski definition) is 2. The lowest BCUT2D eigenvalue weighted by molar-refractivity contribution is 0.573. The van der Waals surface area contributed by atoms with E-state index in [1.165, 1.54) is 0 Å². The molecule has 1 aliphatic carbocycles. The summed E-state index contributed by atoms with van der Waals surface area (Å²) >= 11 is 0. The molecule has 0 radical (unpaired) electrons. The van der Waals surface area contributed by atoms with Gasteiger partial charge in [0.15, 0.2) is 0 Å². The molecule has 0 aromatic heterocycles. The van der Waals surface area contributed by atoms with Crippen molar-refractivity contribution in [1.29, 1.82) is 0 Å². The van der Waals surface area contributed by atoms with Crippen LogP contribution in [0.2, 0.25) is 0 Å². The Labute approximate surface area is 90.3 Å². The molecule has 0 bridgehead atoms. The minimum Gasteiger partial charge on any atom is -0.229 e. The molecule has 0 heterocycles. The minimum atomic E-state index is -3.49. The maximum absolute atomic E-state index is 11.3. The number of hydrogen-bond acceptors (Lipinski definition) is 4. The third-order valence-electron chi connectivity index (χ3n) is 2.08. The van der Waals surface area contributed by atoms with Crippen molar-refractivity contribution in [3.8, 4) is 0 Å². The summed E-state index contributed by atoms with van der Waals surface area (Å²) in [4.78, 5) is 0. The van der Waals surface area contributed by atoms with Crippen LogP contribution in [-0.2, 0) is 20.0 Å². The molecule has 0 atom stereocenters. The fraction of sp³-hybridized carbons (Fsp3) is 1.00. The van der Waals surface area contributed by atoms with E-state index in [0.717, 1.165) is 12.8 Å². The highest BCUT2D eigenvalue weighted by Crippen LogP contribution is 2.29. The molecule has 0 aliphatic heterocycles. The van der Waals surface area contributed by atoms with Gasteiger partial charge in [0.05, 0.1) is 11.5 Å². The van der Waals surface area contributed by atoms with Crippen LogP contribution in [0.25, 0.3) is 0 Å². The molecule has 0 unspecified atom stereocenters. The summed E-state index contributed by atoms with van der Waals surface area (Å²) in [5.41, 5.74) is 0. The van der Waals surface area contributed by atoms with Crippen molar-refractivity contribution in [2.75, 3.05) is 18.1 Å². The maximum atomic E-state index is 11.3. The highest BCUT2D eigenvalue weighted by atomic mass is 32.2. The summed E-state index contributed by atoms with van der Waals surface area (Å²) in [5, 5.41) is 4.77. The first-order valence-electron chi connectivity index (χ1n) is 4.76. The minimum absolute atomic E-state index is 0.130. The van der Waals surface area contributed by atoms with Crippen LogP contribution in [0, 0.1) is 5.92 Å². The molecule has 1 rings (SSSR count). The summed E-state index contributed by atoms with van der Waals surface area (Å²) in [5.74, 6) is 0.252. The molecular weight excluding hydrogens is 240 g/mol. The summed E-state index contributed by atoms with van der Waals surface area (Å²) in [6.07, 6.45) is 2.15. The zero-order valence-electron chi connectivity index (χ0n) is 8.35. The smallest absolute Gasteiger partial charge is 0.211 e. The Balaban J connectivity index is 2.18. The van der Waals surface area contributed by atoms with Gasteiger partial charge < -0.3 is 0 Å². The van der Waals surface area contributed by atoms with Crippen LogP contribution in [0.4, 0.5) is 0 Å². The summed E-state index contributed by atoms with van der Waals surface area (Å²) in [6, 6.07) is 0. The van der Waals surface area contributed by atoms with Gasteiger partial charge in [-0.2, -0.15) is 0 Å². The predicted molar refractivity (Wildman–Crippen MR) is 57.1 cm³/mol. The highest BCUT2D eigenvalue weighted by molar-refractivity contribution is 7.89. The fourth-order valence-electron chi connectivity index (χ4n) is 1.15. The van der Waals surface area contributed by atoms with E-state index in [1.807, 2.05) is 0 Å². The summed E-state index contributed by atoms with van der Waals surface area (Å²) < 4.78 is 46.1. The third-order valence-corrected chi connectivity index (χ3v) is 4.49. The van der Waals surface area contributed by atoms with E-state index in [2.05, 4.69) is 4.72 Å². The fourth-order valence-corrected chi connectivity index (χ4v) is 3.23. The van der Waals surface area contributed by atoms with Gasteiger partial charge in [-0.25, -0.2) is 26.7 Å². The molecule has 90 valence electrons. The van der Waals surface area contributed by atoms with Crippen LogP contribution in [0.3, 0.4) is 0 Å². The molecule has 3 N–H and O–H groups in total. The van der Waals surface area contributed by atoms with Gasteiger partial charge in [0, 0.05) is 6.54 Å². The highest BCUT2D eigenvalue weighted by Gasteiger charge is 2.27. The number of primary sulfonamides is 1. The molecule has 15 heavy (non-hydrogen) atoms. The first kappa shape index (κ1) is 12.9. The summed E-state index contributed by atoms with van der Waals surface area (Å²) in [7, 11) is -6.71. The van der Waals surface area contributed by atoms with E-state index < -0.39 is 20.0 Å². The Hall–Kier alpha value is -0.180. The van der Waals surface area contributed by atoms with Gasteiger partial charge in [-0.1, -0.05) is 0 Å². The molecular formula is C7H16N2O4S2. The molecule has 0 saturated heterocycles. The molecule has 0 amide bonds. The van der Waals surface area contributed by atoms with Crippen LogP contribution in [-0.4, -0.2) is 34.9 Å². The standard InChI is InChI=1S/C7H16N2O4S2/c8-14(10,11)5-1-4-9-15(12,13)6-7-2-3-7/h7,9H,1-6H2,(H2,8,10,11). The lowest BCUT2D eigenvalue weighted by atomic mass is 10.5. The van der Waals surface area contributed by atoms with Crippen molar-refractivity contribution >= 4 is 20.0 Å². The molecule has 1 saturated carbocycles. The van der Waals surface area contributed by atoms with Gasteiger partial charge in [-0.15, -0.1) is 0 Å². The van der Waals surface area contributed by atoms with Crippen molar-refractivity contribution in [2.24, 2.45) is 11.1 Å². The predicted octanol–water partition coefficient (Wildman–Crippen LogP) is -1.01. The number of nitrogens with two attached hydrogens (primary N) is 1. The van der Waals surface area contributed by atoms with Crippen molar-refractivity contribution in [2.45, 2.75) is 19.3 Å². The van der Waals surface area contributed by atoms with E-state index in [9.17, 15) is 16.8 Å². The largest absolute Gasteiger partial charge is 0.229 e. The molecule has 6 nitrogen and oxygen atoms in total. The number of sulfonamides is 2. The van der Waals surface area contributed by atoms with Gasteiger partial charge in [-0.05, 0) is 25.2 Å². The second-order valence-corrected chi connectivity index (χ2v) is 7.43. The maximum Gasteiger partial charge on any atom is 0.211 e. The Kier molecular flexibility index (Phi) is 4.10. The van der Waals surface area contributed by atoms with Crippen molar-refractivity contribution < 1.29 is 16.8 Å². The number of nitrogens with one attached hydrogen (secondary N) is 1. The quantitative estimate of drug-likeness (QED) is 0.569. The summed E-state index contributed by atoms with van der Waals surface area (Å²) in [6.45, 7) is 0.130. The molecule has 0 aromatic rings. The molecule has 0 aromatic carbocycles. The van der Waals surface area contributed by atoms with Gasteiger partial charge in [-0.3, -0.25) is 0 Å². The van der Waals surface area contributed by atoms with E-state index in [-0.39, 0.29) is 24.5 Å². The van der Waals surface area contributed by atoms with Crippen molar-refractivity contribution in [3.05, 3.63) is 0 Å². The zero-order chi connectivity index (χ0) is 11.5. The Bertz CT molecular complexity index is 397. The van der Waals surface area contributed by atoms with Gasteiger partial charge >= 0.3 is 0 Å². The second kappa shape index (κ2) is 4.77. The Morgan fingerprint density at radius 2 is 1.80 bits per heavy atom. The average molecular weight is 256 g/mol. The van der Waals surface area contributed by atoms with Crippen LogP contribution in [0.5, 0.6) is 0 Å². The second-order valence-electron chi connectivity index (χ2n) is 3.84. The first-order chi connectivity index (χ1) is 6.79. The average Bonchev–Trinajstić information content (AvgIpc) is 2.79. The van der Waals surface area contributed by atoms with Crippen LogP contribution in [0.15, 0.2) is 0 Å². The SMILES string of the molecule is NS(=O)(=O)CCCNS(=O)(=O)CC1CC1. The molecule has 0 spiro atoms. The zero-order valence-corrected chi connectivity index (χ0v) is 9.98. The van der Waals surface area contributed by atoms with Gasteiger partial charge in [0.2, 0.25) is 20.0 Å². The number of rotatable bonds is 7. The van der Waals surface area contributed by atoms with Crippen molar-refractivity contribution in [1.82, 2.24) is 4.72 Å². The monoisotopic (exact) mass is 256 g/mol. The van der Waals surface area contributed by atoms with Crippen LogP contribution in [0.1, 0.15) is 19.3 Å². The molecule has 1 aliphatic rings. The van der Waals surface area contributed by atoms with E-state index in [4.69, 9.17) is 5.14 Å². The Morgan fingerprint density at radius 3 is 2.27 bits per heavy atom. The van der Waals surface area contributed by atoms with E-state index in [0.29, 0.717) is 5.92 Å². The molecule has 1 fully saturated rings. The first-order valence-corrected chi connectivity index (χ1v) is 8.13. The third kappa shape index (κ3) is 6.82. The lowest BCUT2D eigenvalue weighted by Gasteiger charge is -2.04. The van der Waals surface area contributed by atoms with Crippen LogP contribution < -0.4 is 9.86 Å². The van der Waals surface area contributed by atoms with Crippen LogP contribution >= 0.6 is 0 Å². The van der Waals surface area contributed by atoms with Gasteiger partial charge in [0.25, 0.3) is 0 Å². The van der Waals surface area contributed by atoms with E-state index >= 15 is 0 Å². The Morgan fingerprint density at radius 1 is 1.20 bits per heavy atom. The van der Waals surface area contributed by atoms with Crippen molar-refractivity contribution in [3.63, 3.8) is 0 Å². The lowest BCUT2D eigenvalue weighted by Crippen LogP contribution is -2.30. The topological polar surface area (TPSA) is 106 Å². The van der Waals surface area contributed by atoms with Gasteiger partial charge in [0.1, 0.15) is 0 Å². The normalized spacial score (nSPS) is 17.9. The van der Waals surface area contributed by atoms with E-state index in [1.54, 1.807) is 0 Å².